The topological polar surface area (TPSA) is 60.2 Å². The van der Waals surface area contributed by atoms with E-state index in [1.807, 2.05) is 12.2 Å². The summed E-state index contributed by atoms with van der Waals surface area (Å²) in [7, 11) is 0. The van der Waals surface area contributed by atoms with Crippen LogP contribution in [0.25, 0.3) is 11.4 Å². The maximum atomic E-state index is 13.5. The fraction of sp³-hybridized carbons (Fsp3) is 0.500. The van der Waals surface area contributed by atoms with E-state index in [9.17, 15) is 13.2 Å². The van der Waals surface area contributed by atoms with Gasteiger partial charge in [0.25, 0.3) is 0 Å². The third kappa shape index (κ3) is 5.13. The lowest BCUT2D eigenvalue weighted by Gasteiger charge is -2.14. The molecule has 1 atom stereocenters. The SMILES string of the molecule is CCC/C=C\CCOc1ccc(-c2noc([C@@H]3CCCN3)n2)cc1C(F)(F)F. The summed E-state index contributed by atoms with van der Waals surface area (Å²) in [5.41, 5.74) is -0.594. The molecule has 28 heavy (non-hydrogen) atoms. The number of halogens is 3. The van der Waals surface area contributed by atoms with Crippen molar-refractivity contribution in [2.45, 2.75) is 51.2 Å². The number of ether oxygens (including phenoxy) is 1. The number of allylic oxidation sites excluding steroid dienone is 1. The first-order chi connectivity index (χ1) is 13.5. The van der Waals surface area contributed by atoms with E-state index in [1.54, 1.807) is 0 Å². The lowest BCUT2D eigenvalue weighted by Crippen LogP contribution is -2.13. The van der Waals surface area contributed by atoms with Crippen LogP contribution in [0.1, 0.15) is 56.5 Å². The molecule has 152 valence electrons. The number of hydrogen-bond donors (Lipinski definition) is 1. The van der Waals surface area contributed by atoms with Crippen LogP contribution in [0.5, 0.6) is 5.75 Å². The number of unbranched alkanes of at least 4 members (excludes halogenated alkanes) is 1. The van der Waals surface area contributed by atoms with Crippen LogP contribution in [0.15, 0.2) is 34.9 Å². The van der Waals surface area contributed by atoms with Crippen LogP contribution >= 0.6 is 0 Å². The van der Waals surface area contributed by atoms with Crippen molar-refractivity contribution in [1.29, 1.82) is 0 Å². The lowest BCUT2D eigenvalue weighted by molar-refractivity contribution is -0.138. The summed E-state index contributed by atoms with van der Waals surface area (Å²) in [6.45, 7) is 3.11. The summed E-state index contributed by atoms with van der Waals surface area (Å²) in [4.78, 5) is 4.26. The molecule has 1 aromatic carbocycles. The van der Waals surface area contributed by atoms with Gasteiger partial charge in [0, 0.05) is 5.56 Å². The molecule has 0 spiro atoms. The Balaban J connectivity index is 1.75. The van der Waals surface area contributed by atoms with Crippen molar-refractivity contribution in [2.75, 3.05) is 13.2 Å². The van der Waals surface area contributed by atoms with Crippen molar-refractivity contribution in [2.24, 2.45) is 0 Å². The van der Waals surface area contributed by atoms with Gasteiger partial charge in [-0.05, 0) is 50.4 Å². The minimum absolute atomic E-state index is 0.0355. The highest BCUT2D eigenvalue weighted by Crippen LogP contribution is 2.38. The summed E-state index contributed by atoms with van der Waals surface area (Å²) in [6.07, 6.45) is 3.80. The molecule has 0 radical (unpaired) electrons. The molecule has 1 aliphatic heterocycles. The average molecular weight is 395 g/mol. The summed E-state index contributed by atoms with van der Waals surface area (Å²) in [5, 5.41) is 7.07. The van der Waals surface area contributed by atoms with Crippen LogP contribution in [-0.2, 0) is 6.18 Å². The number of nitrogens with zero attached hydrogens (tertiary/aromatic N) is 2. The highest BCUT2D eigenvalue weighted by molar-refractivity contribution is 5.59. The first-order valence-electron chi connectivity index (χ1n) is 9.55. The molecule has 2 heterocycles. The van der Waals surface area contributed by atoms with Gasteiger partial charge in [0.1, 0.15) is 5.75 Å². The standard InChI is InChI=1S/C20H24F3N3O2/c1-2-3-4-5-6-12-27-17-10-9-14(13-15(17)20(21,22)23)18-25-19(28-26-18)16-8-7-11-24-16/h4-5,9-10,13,16,24H,2-3,6-8,11-12H2,1H3/b5-4-/t16-/m0/s1. The minimum Gasteiger partial charge on any atom is -0.493 e. The number of alkyl halides is 3. The maximum Gasteiger partial charge on any atom is 0.419 e. The van der Waals surface area contributed by atoms with E-state index in [0.29, 0.717) is 12.3 Å². The Morgan fingerprint density at radius 1 is 1.29 bits per heavy atom. The smallest absolute Gasteiger partial charge is 0.419 e. The Bertz CT molecular complexity index is 796. The number of benzene rings is 1. The third-order valence-electron chi connectivity index (χ3n) is 4.51. The van der Waals surface area contributed by atoms with Gasteiger partial charge in [-0.2, -0.15) is 18.2 Å². The van der Waals surface area contributed by atoms with Gasteiger partial charge in [-0.15, -0.1) is 0 Å². The zero-order chi connectivity index (χ0) is 20.0. The normalized spacial score (nSPS) is 17.5. The van der Waals surface area contributed by atoms with Crippen LogP contribution in [0, 0.1) is 0 Å². The molecule has 0 aliphatic carbocycles. The minimum atomic E-state index is -4.54. The van der Waals surface area contributed by atoms with Gasteiger partial charge in [0.2, 0.25) is 11.7 Å². The zero-order valence-corrected chi connectivity index (χ0v) is 15.8. The van der Waals surface area contributed by atoms with E-state index < -0.39 is 11.7 Å². The van der Waals surface area contributed by atoms with Crippen molar-refractivity contribution >= 4 is 0 Å². The van der Waals surface area contributed by atoms with Crippen LogP contribution in [-0.4, -0.2) is 23.3 Å². The molecule has 5 nitrogen and oxygen atoms in total. The van der Waals surface area contributed by atoms with E-state index >= 15 is 0 Å². The zero-order valence-electron chi connectivity index (χ0n) is 15.8. The van der Waals surface area contributed by atoms with E-state index in [1.165, 1.54) is 12.1 Å². The van der Waals surface area contributed by atoms with Crippen LogP contribution < -0.4 is 10.1 Å². The molecule has 0 amide bonds. The highest BCUT2D eigenvalue weighted by Gasteiger charge is 2.35. The average Bonchev–Trinajstić information content (AvgIpc) is 3.35. The Kier molecular flexibility index (Phi) is 6.72. The van der Waals surface area contributed by atoms with Gasteiger partial charge in [0.05, 0.1) is 18.2 Å². The van der Waals surface area contributed by atoms with Gasteiger partial charge in [-0.3, -0.25) is 0 Å². The van der Waals surface area contributed by atoms with Crippen molar-refractivity contribution in [3.05, 3.63) is 41.8 Å². The quantitative estimate of drug-likeness (QED) is 0.485. The molecule has 2 aromatic rings. The molecule has 1 aliphatic rings. The molecule has 0 bridgehead atoms. The molecule has 1 N–H and O–H groups in total. The van der Waals surface area contributed by atoms with Gasteiger partial charge in [0.15, 0.2) is 0 Å². The molecule has 0 unspecified atom stereocenters. The Hall–Kier alpha value is -2.35. The van der Waals surface area contributed by atoms with Crippen LogP contribution in [0.4, 0.5) is 13.2 Å². The first kappa shape index (κ1) is 20.4. The molecule has 0 saturated carbocycles. The van der Waals surface area contributed by atoms with E-state index in [0.717, 1.165) is 38.3 Å². The molecular weight excluding hydrogens is 371 g/mol. The Labute approximate surface area is 162 Å². The highest BCUT2D eigenvalue weighted by atomic mass is 19.4. The van der Waals surface area contributed by atoms with Gasteiger partial charge < -0.3 is 14.6 Å². The number of hydrogen-bond acceptors (Lipinski definition) is 5. The number of rotatable bonds is 8. The van der Waals surface area contributed by atoms with E-state index in [-0.39, 0.29) is 29.8 Å². The van der Waals surface area contributed by atoms with E-state index in [2.05, 4.69) is 22.4 Å². The fourth-order valence-electron chi connectivity index (χ4n) is 3.05. The summed E-state index contributed by atoms with van der Waals surface area (Å²) >= 11 is 0. The maximum absolute atomic E-state index is 13.5. The van der Waals surface area contributed by atoms with Crippen LogP contribution in [0.3, 0.4) is 0 Å². The van der Waals surface area contributed by atoms with Crippen LogP contribution in [0.2, 0.25) is 0 Å². The van der Waals surface area contributed by atoms with E-state index in [4.69, 9.17) is 9.26 Å². The first-order valence-corrected chi connectivity index (χ1v) is 9.55. The molecule has 8 heteroatoms. The van der Waals surface area contributed by atoms with Gasteiger partial charge >= 0.3 is 6.18 Å². The van der Waals surface area contributed by atoms with Crippen molar-refractivity contribution in [1.82, 2.24) is 15.5 Å². The largest absolute Gasteiger partial charge is 0.493 e. The lowest BCUT2D eigenvalue weighted by atomic mass is 10.1. The molecule has 1 aromatic heterocycles. The second kappa shape index (κ2) is 9.23. The van der Waals surface area contributed by atoms with Gasteiger partial charge in [-0.25, -0.2) is 0 Å². The molecular formula is C20H24F3N3O2. The van der Waals surface area contributed by atoms with Crippen molar-refractivity contribution < 1.29 is 22.4 Å². The second-order valence-corrected chi connectivity index (χ2v) is 6.71. The molecule has 1 saturated heterocycles. The molecule has 3 rings (SSSR count). The number of nitrogens with one attached hydrogen (secondary N) is 1. The van der Waals surface area contributed by atoms with Crippen molar-refractivity contribution in [3.8, 4) is 17.1 Å². The third-order valence-corrected chi connectivity index (χ3v) is 4.51. The second-order valence-electron chi connectivity index (χ2n) is 6.71. The Morgan fingerprint density at radius 3 is 2.82 bits per heavy atom. The predicted octanol–water partition coefficient (Wildman–Crippen LogP) is 5.31. The number of aromatic nitrogens is 2. The fourth-order valence-corrected chi connectivity index (χ4v) is 3.05. The summed E-state index contributed by atoms with van der Waals surface area (Å²) < 4.78 is 51.1. The monoisotopic (exact) mass is 395 g/mol. The molecule has 1 fully saturated rings. The predicted molar refractivity (Wildman–Crippen MR) is 98.9 cm³/mol. The van der Waals surface area contributed by atoms with Crippen molar-refractivity contribution in [3.63, 3.8) is 0 Å². The summed E-state index contributed by atoms with van der Waals surface area (Å²) in [5.74, 6) is 0.352. The Morgan fingerprint density at radius 2 is 2.11 bits per heavy atom. The summed E-state index contributed by atoms with van der Waals surface area (Å²) in [6, 6.07) is 3.82. The van der Waals surface area contributed by atoms with Gasteiger partial charge in [-0.1, -0.05) is 30.7 Å².